The molecule has 0 radical (unpaired) electrons. The zero-order valence-corrected chi connectivity index (χ0v) is 21.7. The molecule has 0 amide bonds. The molecular weight excluding hydrogens is 505 g/mol. The lowest BCUT2D eigenvalue weighted by Crippen LogP contribution is -2.03. The van der Waals surface area contributed by atoms with Crippen LogP contribution in [0.2, 0.25) is 5.02 Å². The van der Waals surface area contributed by atoms with Gasteiger partial charge in [0.2, 0.25) is 5.95 Å². The molecule has 0 aliphatic rings. The lowest BCUT2D eigenvalue weighted by atomic mass is 10.1. The molecule has 0 saturated carbocycles. The fourth-order valence-corrected chi connectivity index (χ4v) is 4.51. The third-order valence-corrected chi connectivity index (χ3v) is 6.25. The zero-order chi connectivity index (χ0) is 26.8. The van der Waals surface area contributed by atoms with Crippen molar-refractivity contribution in [3.63, 3.8) is 0 Å². The first-order valence-corrected chi connectivity index (χ1v) is 12.3. The van der Waals surface area contributed by atoms with Crippen LogP contribution in [-0.2, 0) is 6.61 Å². The number of anilines is 2. The molecule has 8 nitrogen and oxygen atoms in total. The van der Waals surface area contributed by atoms with E-state index in [0.717, 1.165) is 11.3 Å². The average molecular weight is 528 g/mol. The number of imidazole rings is 1. The van der Waals surface area contributed by atoms with Gasteiger partial charge in [0.15, 0.2) is 5.82 Å². The summed E-state index contributed by atoms with van der Waals surface area (Å²) in [6.07, 6.45) is 3.21. The van der Waals surface area contributed by atoms with E-state index in [1.807, 2.05) is 31.4 Å². The van der Waals surface area contributed by atoms with Gasteiger partial charge in [-0.2, -0.15) is 5.26 Å². The summed E-state index contributed by atoms with van der Waals surface area (Å²) >= 11 is 6.44. The molecule has 0 aliphatic heterocycles. The van der Waals surface area contributed by atoms with Crippen molar-refractivity contribution in [2.24, 2.45) is 0 Å². The Balaban J connectivity index is 1.36. The van der Waals surface area contributed by atoms with E-state index in [1.165, 1.54) is 6.07 Å². The summed E-state index contributed by atoms with van der Waals surface area (Å²) in [5.41, 5.74) is 3.86. The van der Waals surface area contributed by atoms with Crippen LogP contribution in [0.5, 0.6) is 5.75 Å². The predicted molar refractivity (Wildman–Crippen MR) is 144 cm³/mol. The molecule has 3 aromatic heterocycles. The maximum absolute atomic E-state index is 15.0. The second-order valence-corrected chi connectivity index (χ2v) is 9.29. The SMILES string of the molecule is Cc1nc2c(F)cc(-c3ccnc(Nc4ccc(OCc5ncccc5C#N)c(Cl)c4)n3)cc2n1C(C)C. The van der Waals surface area contributed by atoms with Crippen molar-refractivity contribution in [3.05, 3.63) is 88.8 Å². The third-order valence-electron chi connectivity index (χ3n) is 5.96. The van der Waals surface area contributed by atoms with Gasteiger partial charge >= 0.3 is 0 Å². The summed E-state index contributed by atoms with van der Waals surface area (Å²) in [5.74, 6) is 1.13. The van der Waals surface area contributed by atoms with Crippen LogP contribution in [0, 0.1) is 24.1 Å². The number of nitrogens with zero attached hydrogens (tertiary/aromatic N) is 6. The van der Waals surface area contributed by atoms with Crippen LogP contribution in [0.25, 0.3) is 22.3 Å². The minimum atomic E-state index is -0.400. The number of ether oxygens (including phenoxy) is 1. The van der Waals surface area contributed by atoms with E-state index in [4.69, 9.17) is 16.3 Å². The molecular formula is C28H23ClFN7O. The Morgan fingerprint density at radius 3 is 2.71 bits per heavy atom. The molecule has 5 aromatic rings. The normalized spacial score (nSPS) is 11.1. The van der Waals surface area contributed by atoms with E-state index in [0.29, 0.717) is 50.4 Å². The topological polar surface area (TPSA) is 102 Å². The smallest absolute Gasteiger partial charge is 0.227 e. The van der Waals surface area contributed by atoms with E-state index in [9.17, 15) is 9.65 Å². The first-order chi connectivity index (χ1) is 18.3. The largest absolute Gasteiger partial charge is 0.486 e. The van der Waals surface area contributed by atoms with Gasteiger partial charge in [-0.25, -0.2) is 19.3 Å². The number of nitrogens with one attached hydrogen (secondary N) is 1. The van der Waals surface area contributed by atoms with E-state index in [2.05, 4.69) is 31.3 Å². The van der Waals surface area contributed by atoms with Gasteiger partial charge in [-0.3, -0.25) is 4.98 Å². The number of hydrogen-bond acceptors (Lipinski definition) is 7. The van der Waals surface area contributed by atoms with Crippen molar-refractivity contribution < 1.29 is 9.13 Å². The number of aryl methyl sites for hydroxylation is 1. The highest BCUT2D eigenvalue weighted by atomic mass is 35.5. The molecule has 0 fully saturated rings. The van der Waals surface area contributed by atoms with Gasteiger partial charge in [0, 0.05) is 29.7 Å². The first-order valence-electron chi connectivity index (χ1n) is 11.9. The lowest BCUT2D eigenvalue weighted by Gasteiger charge is -2.12. The van der Waals surface area contributed by atoms with Gasteiger partial charge in [-0.1, -0.05) is 11.6 Å². The van der Waals surface area contributed by atoms with E-state index in [-0.39, 0.29) is 12.6 Å². The summed E-state index contributed by atoms with van der Waals surface area (Å²) in [6.45, 7) is 6.05. The maximum atomic E-state index is 15.0. The molecule has 0 spiro atoms. The van der Waals surface area contributed by atoms with Crippen LogP contribution in [-0.4, -0.2) is 24.5 Å². The van der Waals surface area contributed by atoms with Gasteiger partial charge in [0.05, 0.1) is 27.5 Å². The Bertz CT molecular complexity index is 1690. The second-order valence-electron chi connectivity index (χ2n) is 8.88. The molecule has 1 N–H and O–H groups in total. The van der Waals surface area contributed by atoms with Crippen molar-refractivity contribution in [2.75, 3.05) is 5.32 Å². The van der Waals surface area contributed by atoms with Crippen LogP contribution >= 0.6 is 11.6 Å². The molecule has 0 unspecified atom stereocenters. The Labute approximate surface area is 223 Å². The molecule has 0 atom stereocenters. The average Bonchev–Trinajstić information content (AvgIpc) is 3.25. The number of benzene rings is 2. The molecule has 0 saturated heterocycles. The summed E-state index contributed by atoms with van der Waals surface area (Å²) in [6, 6.07) is 15.8. The lowest BCUT2D eigenvalue weighted by molar-refractivity contribution is 0.301. The maximum Gasteiger partial charge on any atom is 0.227 e. The fraction of sp³-hybridized carbons (Fsp3) is 0.179. The van der Waals surface area contributed by atoms with Gasteiger partial charge in [-0.05, 0) is 69.3 Å². The molecule has 10 heteroatoms. The monoisotopic (exact) mass is 527 g/mol. The van der Waals surface area contributed by atoms with Gasteiger partial charge < -0.3 is 14.6 Å². The Morgan fingerprint density at radius 1 is 1.11 bits per heavy atom. The standard InChI is InChI=1S/C28H23ClFN7O/c1-16(2)37-17(3)34-27-22(30)11-19(12-25(27)37)23-8-10-33-28(36-23)35-20-6-7-26(21(29)13-20)38-15-24-18(14-31)5-4-9-32-24/h4-13,16H,15H2,1-3H3,(H,33,35,36). The number of fused-ring (bicyclic) bond motifs is 1. The Hall–Kier alpha value is -4.55. The van der Waals surface area contributed by atoms with Gasteiger partial charge in [0.25, 0.3) is 0 Å². The van der Waals surface area contributed by atoms with Crippen LogP contribution in [0.15, 0.2) is 60.9 Å². The van der Waals surface area contributed by atoms with Crippen molar-refractivity contribution in [2.45, 2.75) is 33.4 Å². The van der Waals surface area contributed by atoms with E-state index in [1.54, 1.807) is 48.8 Å². The van der Waals surface area contributed by atoms with Gasteiger partial charge in [0.1, 0.15) is 29.8 Å². The van der Waals surface area contributed by atoms with Crippen molar-refractivity contribution in [3.8, 4) is 23.1 Å². The highest BCUT2D eigenvalue weighted by Crippen LogP contribution is 2.31. The molecule has 2 aromatic carbocycles. The van der Waals surface area contributed by atoms with E-state index >= 15 is 0 Å². The summed E-state index contributed by atoms with van der Waals surface area (Å²) in [4.78, 5) is 17.5. The molecule has 190 valence electrons. The van der Waals surface area contributed by atoms with Crippen LogP contribution in [0.4, 0.5) is 16.0 Å². The third kappa shape index (κ3) is 4.99. The molecule has 0 bridgehead atoms. The van der Waals surface area contributed by atoms with Gasteiger partial charge in [-0.15, -0.1) is 0 Å². The number of rotatable bonds is 7. The van der Waals surface area contributed by atoms with Crippen LogP contribution in [0.1, 0.15) is 37.0 Å². The number of pyridine rings is 1. The highest BCUT2D eigenvalue weighted by molar-refractivity contribution is 6.32. The van der Waals surface area contributed by atoms with Crippen molar-refractivity contribution in [1.82, 2.24) is 24.5 Å². The predicted octanol–water partition coefficient (Wildman–Crippen LogP) is 6.76. The Kier molecular flexibility index (Phi) is 6.90. The zero-order valence-electron chi connectivity index (χ0n) is 20.9. The highest BCUT2D eigenvalue weighted by Gasteiger charge is 2.16. The summed E-state index contributed by atoms with van der Waals surface area (Å²) in [7, 11) is 0. The minimum Gasteiger partial charge on any atom is -0.486 e. The quantitative estimate of drug-likeness (QED) is 0.249. The molecule has 38 heavy (non-hydrogen) atoms. The fourth-order valence-electron chi connectivity index (χ4n) is 4.27. The number of halogens is 2. The number of aromatic nitrogens is 5. The number of nitriles is 1. The van der Waals surface area contributed by atoms with Crippen LogP contribution in [0.3, 0.4) is 0 Å². The Morgan fingerprint density at radius 2 is 1.95 bits per heavy atom. The van der Waals surface area contributed by atoms with Crippen LogP contribution < -0.4 is 10.1 Å². The molecule has 0 aliphatic carbocycles. The van der Waals surface area contributed by atoms with E-state index < -0.39 is 5.82 Å². The first kappa shape index (κ1) is 25.1. The summed E-state index contributed by atoms with van der Waals surface area (Å²) in [5, 5.41) is 12.7. The second kappa shape index (κ2) is 10.4. The number of hydrogen-bond donors (Lipinski definition) is 1. The van der Waals surface area contributed by atoms with Crippen molar-refractivity contribution >= 4 is 34.3 Å². The minimum absolute atomic E-state index is 0.109. The van der Waals surface area contributed by atoms with Crippen molar-refractivity contribution in [1.29, 1.82) is 5.26 Å². The molecule has 3 heterocycles. The summed E-state index contributed by atoms with van der Waals surface area (Å²) < 4.78 is 22.7. The molecule has 5 rings (SSSR count).